The van der Waals surface area contributed by atoms with E-state index in [4.69, 9.17) is 10.5 Å². The number of amides is 1. The van der Waals surface area contributed by atoms with Crippen LogP contribution in [-0.4, -0.2) is 36.5 Å². The summed E-state index contributed by atoms with van der Waals surface area (Å²) >= 11 is 0. The van der Waals surface area contributed by atoms with Crippen LogP contribution < -0.4 is 10.5 Å². The summed E-state index contributed by atoms with van der Waals surface area (Å²) < 4.78 is 5.73. The first-order valence-electron chi connectivity index (χ1n) is 8.83. The first-order chi connectivity index (χ1) is 12.0. The van der Waals surface area contributed by atoms with Crippen LogP contribution in [0.25, 0.3) is 0 Å². The molecule has 0 bridgehead atoms. The van der Waals surface area contributed by atoms with E-state index >= 15 is 0 Å². The number of hydrogen-bond donors (Lipinski definition) is 1. The van der Waals surface area contributed by atoms with Crippen molar-refractivity contribution in [3.63, 3.8) is 0 Å². The van der Waals surface area contributed by atoms with Crippen molar-refractivity contribution >= 4 is 18.3 Å². The average Bonchev–Trinajstić information content (AvgIpc) is 3.01. The SMILES string of the molecule is Cc1ccc(OCCC(=O)N2C[C@@H](N)[C@H](c3ccccc3)C2)cc1C.Cl. The third-order valence-corrected chi connectivity index (χ3v) is 5.01. The summed E-state index contributed by atoms with van der Waals surface area (Å²) in [6.45, 7) is 5.82. The van der Waals surface area contributed by atoms with Crippen LogP contribution in [0.4, 0.5) is 0 Å². The van der Waals surface area contributed by atoms with Gasteiger partial charge in [-0.1, -0.05) is 36.4 Å². The lowest BCUT2D eigenvalue weighted by Crippen LogP contribution is -2.32. The molecule has 2 aromatic carbocycles. The van der Waals surface area contributed by atoms with Crippen molar-refractivity contribution in [1.29, 1.82) is 0 Å². The number of nitrogens with two attached hydrogens (primary N) is 1. The van der Waals surface area contributed by atoms with Gasteiger partial charge in [-0.2, -0.15) is 0 Å². The zero-order valence-electron chi connectivity index (χ0n) is 15.4. The van der Waals surface area contributed by atoms with Crippen molar-refractivity contribution < 1.29 is 9.53 Å². The van der Waals surface area contributed by atoms with Gasteiger partial charge in [0, 0.05) is 25.0 Å². The van der Waals surface area contributed by atoms with Crippen LogP contribution >= 0.6 is 12.4 Å². The molecule has 0 spiro atoms. The molecule has 5 heteroatoms. The van der Waals surface area contributed by atoms with E-state index in [0.29, 0.717) is 26.1 Å². The fraction of sp³-hybridized carbons (Fsp3) is 0.381. The highest BCUT2D eigenvalue weighted by Crippen LogP contribution is 2.26. The van der Waals surface area contributed by atoms with Crippen LogP contribution in [-0.2, 0) is 4.79 Å². The van der Waals surface area contributed by atoms with Crippen LogP contribution in [0.2, 0.25) is 0 Å². The number of ether oxygens (including phenoxy) is 1. The maximum Gasteiger partial charge on any atom is 0.226 e. The number of carbonyl (C=O) groups excluding carboxylic acids is 1. The summed E-state index contributed by atoms with van der Waals surface area (Å²) in [6, 6.07) is 16.2. The van der Waals surface area contributed by atoms with E-state index in [0.717, 1.165) is 5.75 Å². The molecule has 1 saturated heterocycles. The summed E-state index contributed by atoms with van der Waals surface area (Å²) in [5.41, 5.74) is 9.90. The normalized spacial score (nSPS) is 19.1. The number of halogens is 1. The molecule has 26 heavy (non-hydrogen) atoms. The maximum atomic E-state index is 12.5. The Morgan fingerprint density at radius 1 is 1.12 bits per heavy atom. The van der Waals surface area contributed by atoms with Crippen LogP contribution in [0, 0.1) is 13.8 Å². The standard InChI is InChI=1S/C21H26N2O2.ClH/c1-15-8-9-18(12-16(15)2)25-11-10-21(24)23-13-19(20(22)14-23)17-6-4-3-5-7-17;/h3-9,12,19-20H,10-11,13-14,22H2,1-2H3;1H/t19-,20+;/m0./s1. The Morgan fingerprint density at radius 3 is 2.54 bits per heavy atom. The second-order valence-electron chi connectivity index (χ2n) is 6.82. The lowest BCUT2D eigenvalue weighted by Gasteiger charge is -2.17. The first kappa shape index (κ1) is 20.3. The molecule has 0 aliphatic carbocycles. The molecule has 140 valence electrons. The van der Waals surface area contributed by atoms with E-state index < -0.39 is 0 Å². The van der Waals surface area contributed by atoms with Gasteiger partial charge in [0.1, 0.15) is 5.75 Å². The van der Waals surface area contributed by atoms with E-state index in [-0.39, 0.29) is 30.3 Å². The third kappa shape index (κ3) is 4.77. The monoisotopic (exact) mass is 374 g/mol. The summed E-state index contributed by atoms with van der Waals surface area (Å²) in [5, 5.41) is 0. The minimum absolute atomic E-state index is 0. The molecular formula is C21H27ClN2O2. The van der Waals surface area contributed by atoms with Gasteiger partial charge in [0.05, 0.1) is 13.0 Å². The van der Waals surface area contributed by atoms with Crippen molar-refractivity contribution in [2.24, 2.45) is 5.73 Å². The maximum absolute atomic E-state index is 12.5. The molecule has 0 unspecified atom stereocenters. The van der Waals surface area contributed by atoms with Gasteiger partial charge < -0.3 is 15.4 Å². The van der Waals surface area contributed by atoms with Gasteiger partial charge in [0.15, 0.2) is 0 Å². The third-order valence-electron chi connectivity index (χ3n) is 5.01. The molecule has 4 nitrogen and oxygen atoms in total. The second-order valence-corrected chi connectivity index (χ2v) is 6.82. The zero-order valence-corrected chi connectivity index (χ0v) is 16.2. The van der Waals surface area contributed by atoms with Gasteiger partial charge in [0.2, 0.25) is 5.91 Å². The minimum Gasteiger partial charge on any atom is -0.493 e. The largest absolute Gasteiger partial charge is 0.493 e. The van der Waals surface area contributed by atoms with Crippen LogP contribution in [0.15, 0.2) is 48.5 Å². The fourth-order valence-corrected chi connectivity index (χ4v) is 3.30. The van der Waals surface area contributed by atoms with E-state index in [1.807, 2.05) is 41.3 Å². The number of rotatable bonds is 5. The van der Waals surface area contributed by atoms with Crippen molar-refractivity contribution in [2.45, 2.75) is 32.2 Å². The Morgan fingerprint density at radius 2 is 1.85 bits per heavy atom. The molecule has 2 aromatic rings. The van der Waals surface area contributed by atoms with Gasteiger partial charge >= 0.3 is 0 Å². The van der Waals surface area contributed by atoms with Crippen molar-refractivity contribution in [3.05, 3.63) is 65.2 Å². The van der Waals surface area contributed by atoms with Gasteiger partial charge in [-0.15, -0.1) is 12.4 Å². The van der Waals surface area contributed by atoms with Gasteiger partial charge in [0.25, 0.3) is 0 Å². The molecule has 2 atom stereocenters. The quantitative estimate of drug-likeness (QED) is 0.872. The highest BCUT2D eigenvalue weighted by atomic mass is 35.5. The van der Waals surface area contributed by atoms with E-state index in [1.54, 1.807) is 0 Å². The van der Waals surface area contributed by atoms with Gasteiger partial charge in [-0.25, -0.2) is 0 Å². The van der Waals surface area contributed by atoms with Crippen LogP contribution in [0.5, 0.6) is 5.75 Å². The highest BCUT2D eigenvalue weighted by Gasteiger charge is 2.33. The Labute approximate surface area is 161 Å². The molecule has 0 saturated carbocycles. The topological polar surface area (TPSA) is 55.6 Å². The molecule has 1 heterocycles. The highest BCUT2D eigenvalue weighted by molar-refractivity contribution is 5.85. The summed E-state index contributed by atoms with van der Waals surface area (Å²) in [5.74, 6) is 1.14. The number of benzene rings is 2. The first-order valence-corrected chi connectivity index (χ1v) is 8.83. The van der Waals surface area contributed by atoms with Gasteiger partial charge in [-0.3, -0.25) is 4.79 Å². The second kappa shape index (κ2) is 9.06. The lowest BCUT2D eigenvalue weighted by atomic mass is 9.95. The predicted octanol–water partition coefficient (Wildman–Crippen LogP) is 3.45. The van der Waals surface area contributed by atoms with Gasteiger partial charge in [-0.05, 0) is 42.7 Å². The number of nitrogens with zero attached hydrogens (tertiary/aromatic N) is 1. The Balaban J connectivity index is 0.00000243. The summed E-state index contributed by atoms with van der Waals surface area (Å²) in [4.78, 5) is 14.3. The molecule has 1 amide bonds. The summed E-state index contributed by atoms with van der Waals surface area (Å²) in [6.07, 6.45) is 0.376. The van der Waals surface area contributed by atoms with E-state index in [9.17, 15) is 4.79 Å². The average molecular weight is 375 g/mol. The number of hydrogen-bond acceptors (Lipinski definition) is 3. The number of likely N-dealkylation sites (tertiary alicyclic amines) is 1. The summed E-state index contributed by atoms with van der Waals surface area (Å²) in [7, 11) is 0. The zero-order chi connectivity index (χ0) is 17.8. The van der Waals surface area contributed by atoms with Crippen molar-refractivity contribution in [2.75, 3.05) is 19.7 Å². The van der Waals surface area contributed by atoms with E-state index in [2.05, 4.69) is 26.0 Å². The van der Waals surface area contributed by atoms with Crippen molar-refractivity contribution in [3.8, 4) is 5.75 Å². The molecule has 2 N–H and O–H groups in total. The minimum atomic E-state index is -0.00739. The molecular weight excluding hydrogens is 348 g/mol. The number of carbonyl (C=O) groups is 1. The Kier molecular flexibility index (Phi) is 7.06. The lowest BCUT2D eigenvalue weighted by molar-refractivity contribution is -0.130. The fourth-order valence-electron chi connectivity index (χ4n) is 3.30. The molecule has 0 radical (unpaired) electrons. The molecule has 1 aliphatic heterocycles. The van der Waals surface area contributed by atoms with Crippen molar-refractivity contribution in [1.82, 2.24) is 4.90 Å². The van der Waals surface area contributed by atoms with E-state index in [1.165, 1.54) is 16.7 Å². The van der Waals surface area contributed by atoms with Crippen LogP contribution in [0.1, 0.15) is 29.0 Å². The Bertz CT molecular complexity index is 736. The predicted molar refractivity (Wildman–Crippen MR) is 107 cm³/mol. The number of aryl methyl sites for hydroxylation is 2. The molecule has 0 aromatic heterocycles. The van der Waals surface area contributed by atoms with Crippen LogP contribution in [0.3, 0.4) is 0 Å². The molecule has 3 rings (SSSR count). The molecule has 1 aliphatic rings. The Hall–Kier alpha value is -2.04. The molecule has 1 fully saturated rings. The smallest absolute Gasteiger partial charge is 0.226 e.